The van der Waals surface area contributed by atoms with Gasteiger partial charge in [0.2, 0.25) is 15.9 Å². The van der Waals surface area contributed by atoms with Crippen LogP contribution < -0.4 is 5.73 Å². The van der Waals surface area contributed by atoms with E-state index in [1.807, 2.05) is 6.26 Å². The van der Waals surface area contributed by atoms with Gasteiger partial charge in [-0.1, -0.05) is 5.16 Å². The summed E-state index contributed by atoms with van der Waals surface area (Å²) in [6, 6.07) is -0.529. The Morgan fingerprint density at radius 1 is 1.32 bits per heavy atom. The number of aromatic nitrogens is 1. The van der Waals surface area contributed by atoms with Crippen molar-refractivity contribution in [1.29, 1.82) is 0 Å². The number of rotatable bonds is 6. The third-order valence-corrected chi connectivity index (χ3v) is 7.07. The molecule has 0 bridgehead atoms. The van der Waals surface area contributed by atoms with Crippen LogP contribution in [0.25, 0.3) is 0 Å². The molecule has 1 amide bonds. The molecule has 1 aromatic heterocycles. The van der Waals surface area contributed by atoms with Gasteiger partial charge in [0.1, 0.15) is 10.6 Å². The Balaban J connectivity index is 2.07. The van der Waals surface area contributed by atoms with E-state index in [9.17, 15) is 13.2 Å². The fourth-order valence-electron chi connectivity index (χ4n) is 2.93. The molecule has 1 saturated heterocycles. The van der Waals surface area contributed by atoms with Crippen LogP contribution in [0.15, 0.2) is 9.42 Å². The molecule has 25 heavy (non-hydrogen) atoms. The van der Waals surface area contributed by atoms with E-state index in [1.54, 1.807) is 30.5 Å². The maximum absolute atomic E-state index is 12.9. The Morgan fingerprint density at radius 3 is 2.64 bits per heavy atom. The highest BCUT2D eigenvalue weighted by atomic mass is 32.2. The second-order valence-corrected chi connectivity index (χ2v) is 8.98. The lowest BCUT2D eigenvalue weighted by atomic mass is 10.2. The van der Waals surface area contributed by atoms with Gasteiger partial charge in [-0.15, -0.1) is 0 Å². The van der Waals surface area contributed by atoms with Gasteiger partial charge >= 0.3 is 0 Å². The maximum Gasteiger partial charge on any atom is 0.248 e. The van der Waals surface area contributed by atoms with Crippen molar-refractivity contribution >= 4 is 27.7 Å². The molecule has 2 heterocycles. The molecule has 0 saturated carbocycles. The van der Waals surface area contributed by atoms with Crippen LogP contribution in [-0.4, -0.2) is 72.9 Å². The molecule has 0 aromatic carbocycles. The van der Waals surface area contributed by atoms with Gasteiger partial charge in [-0.3, -0.25) is 4.79 Å². The van der Waals surface area contributed by atoms with Gasteiger partial charge in [0, 0.05) is 26.2 Å². The number of hydrogen-bond acceptors (Lipinski definition) is 7. The van der Waals surface area contributed by atoms with Crippen molar-refractivity contribution in [3.8, 4) is 0 Å². The molecular formula is C15H26N4O4S2. The first kappa shape index (κ1) is 20.2. The molecule has 0 aliphatic carbocycles. The summed E-state index contributed by atoms with van der Waals surface area (Å²) in [6.45, 7) is 4.66. The van der Waals surface area contributed by atoms with Gasteiger partial charge in [-0.25, -0.2) is 8.42 Å². The zero-order valence-electron chi connectivity index (χ0n) is 14.9. The molecule has 142 valence electrons. The quantitative estimate of drug-likeness (QED) is 0.757. The van der Waals surface area contributed by atoms with Gasteiger partial charge in [0.05, 0.1) is 6.04 Å². The van der Waals surface area contributed by atoms with E-state index in [0.717, 1.165) is 5.75 Å². The predicted molar refractivity (Wildman–Crippen MR) is 96.9 cm³/mol. The number of thioether (sulfide) groups is 1. The van der Waals surface area contributed by atoms with Crippen LogP contribution in [0.4, 0.5) is 0 Å². The van der Waals surface area contributed by atoms with E-state index in [-0.39, 0.29) is 23.1 Å². The summed E-state index contributed by atoms with van der Waals surface area (Å²) in [5.41, 5.74) is 6.32. The lowest BCUT2D eigenvalue weighted by Crippen LogP contribution is -2.45. The monoisotopic (exact) mass is 390 g/mol. The molecule has 1 unspecified atom stereocenters. The Labute approximate surface area is 153 Å². The topological polar surface area (TPSA) is 110 Å². The average Bonchev–Trinajstić information content (AvgIpc) is 2.78. The van der Waals surface area contributed by atoms with Crippen molar-refractivity contribution < 1.29 is 17.7 Å². The molecule has 2 rings (SSSR count). The van der Waals surface area contributed by atoms with E-state index in [2.05, 4.69) is 5.16 Å². The van der Waals surface area contributed by atoms with Crippen molar-refractivity contribution in [1.82, 2.24) is 14.4 Å². The molecular weight excluding hydrogens is 364 g/mol. The van der Waals surface area contributed by atoms with Crippen LogP contribution in [0.2, 0.25) is 0 Å². The van der Waals surface area contributed by atoms with E-state index in [4.69, 9.17) is 10.3 Å². The van der Waals surface area contributed by atoms with Crippen LogP contribution in [0.5, 0.6) is 0 Å². The molecule has 1 atom stereocenters. The number of nitrogens with zero attached hydrogens (tertiary/aromatic N) is 3. The van der Waals surface area contributed by atoms with Gasteiger partial charge < -0.3 is 15.2 Å². The Bertz CT molecular complexity index is 685. The molecule has 1 aliphatic rings. The highest BCUT2D eigenvalue weighted by molar-refractivity contribution is 7.98. The fourth-order valence-corrected chi connectivity index (χ4v) is 5.18. The zero-order chi connectivity index (χ0) is 18.6. The van der Waals surface area contributed by atoms with Gasteiger partial charge in [0.15, 0.2) is 5.76 Å². The van der Waals surface area contributed by atoms with E-state index in [1.165, 1.54) is 4.31 Å². The second kappa shape index (κ2) is 8.52. The lowest BCUT2D eigenvalue weighted by Gasteiger charge is -2.24. The largest absolute Gasteiger partial charge is 0.360 e. The number of hydrogen-bond donors (Lipinski definition) is 1. The summed E-state index contributed by atoms with van der Waals surface area (Å²) in [5, 5.41) is 3.73. The summed E-state index contributed by atoms with van der Waals surface area (Å²) in [4.78, 5) is 14.3. The number of nitrogens with two attached hydrogens (primary N) is 1. The summed E-state index contributed by atoms with van der Waals surface area (Å²) in [7, 11) is -3.68. The van der Waals surface area contributed by atoms with Crippen molar-refractivity contribution in [3.05, 3.63) is 11.5 Å². The smallest absolute Gasteiger partial charge is 0.248 e. The van der Waals surface area contributed by atoms with Crippen molar-refractivity contribution in [3.63, 3.8) is 0 Å². The molecule has 1 aliphatic heterocycles. The fraction of sp³-hybridized carbons (Fsp3) is 0.733. The number of sulfonamides is 1. The number of carbonyl (C=O) groups is 1. The van der Waals surface area contributed by atoms with Crippen LogP contribution in [0, 0.1) is 13.8 Å². The Morgan fingerprint density at radius 2 is 2.04 bits per heavy atom. The molecule has 10 heteroatoms. The molecule has 2 N–H and O–H groups in total. The van der Waals surface area contributed by atoms with Crippen LogP contribution in [0.1, 0.15) is 24.3 Å². The second-order valence-electron chi connectivity index (χ2n) is 6.12. The van der Waals surface area contributed by atoms with Gasteiger partial charge in [0.25, 0.3) is 0 Å². The highest BCUT2D eigenvalue weighted by Gasteiger charge is 2.33. The highest BCUT2D eigenvalue weighted by Crippen LogP contribution is 2.24. The summed E-state index contributed by atoms with van der Waals surface area (Å²) in [5.74, 6) is 1.01. The standard InChI is InChI=1S/C15H26N4O4S2/c1-11-14(12(2)23-17-11)25(21,22)19-7-4-6-18(8-9-19)15(20)13(16)5-10-24-3/h13H,4-10,16H2,1-3H3. The van der Waals surface area contributed by atoms with Crippen molar-refractivity contribution in [2.24, 2.45) is 5.73 Å². The van der Waals surface area contributed by atoms with Crippen molar-refractivity contribution in [2.75, 3.05) is 38.2 Å². The predicted octanol–water partition coefficient (Wildman–Crippen LogP) is 0.595. The minimum atomic E-state index is -3.68. The minimum absolute atomic E-state index is 0.106. The third kappa shape index (κ3) is 4.55. The maximum atomic E-state index is 12.9. The van der Waals surface area contributed by atoms with Crippen LogP contribution in [-0.2, 0) is 14.8 Å². The van der Waals surface area contributed by atoms with E-state index in [0.29, 0.717) is 38.2 Å². The van der Waals surface area contributed by atoms with Gasteiger partial charge in [-0.2, -0.15) is 16.1 Å². The summed E-state index contributed by atoms with van der Waals surface area (Å²) >= 11 is 1.65. The van der Waals surface area contributed by atoms with Crippen LogP contribution >= 0.6 is 11.8 Å². The summed E-state index contributed by atoms with van der Waals surface area (Å²) in [6.07, 6.45) is 3.17. The third-order valence-electron chi connectivity index (χ3n) is 4.28. The number of amides is 1. The molecule has 1 aromatic rings. The lowest BCUT2D eigenvalue weighted by molar-refractivity contribution is -0.132. The van der Waals surface area contributed by atoms with E-state index >= 15 is 0 Å². The summed E-state index contributed by atoms with van der Waals surface area (Å²) < 4.78 is 32.2. The van der Waals surface area contributed by atoms with Gasteiger partial charge in [-0.05, 0) is 38.7 Å². The normalized spacial score (nSPS) is 18.2. The Kier molecular flexibility index (Phi) is 6.89. The first-order chi connectivity index (χ1) is 11.8. The zero-order valence-corrected chi connectivity index (χ0v) is 16.5. The first-order valence-electron chi connectivity index (χ1n) is 8.25. The molecule has 0 radical (unpaired) electrons. The number of aryl methyl sites for hydroxylation is 2. The SMILES string of the molecule is CSCCC(N)C(=O)N1CCCN(S(=O)(=O)c2c(C)noc2C)CC1. The van der Waals surface area contributed by atoms with Crippen molar-refractivity contribution in [2.45, 2.75) is 37.6 Å². The average molecular weight is 391 g/mol. The first-order valence-corrected chi connectivity index (χ1v) is 11.1. The Hall–Kier alpha value is -1.10. The van der Waals surface area contributed by atoms with E-state index < -0.39 is 16.1 Å². The molecule has 1 fully saturated rings. The molecule has 8 nitrogen and oxygen atoms in total. The molecule has 0 spiro atoms. The minimum Gasteiger partial charge on any atom is -0.360 e. The number of carbonyl (C=O) groups excluding carboxylic acids is 1. The van der Waals surface area contributed by atoms with Crippen LogP contribution in [0.3, 0.4) is 0 Å².